The lowest BCUT2D eigenvalue weighted by molar-refractivity contribution is 0.610. The molecule has 1 aliphatic rings. The van der Waals surface area contributed by atoms with E-state index < -0.39 is 0 Å². The molecule has 1 fully saturated rings. The van der Waals surface area contributed by atoms with Gasteiger partial charge in [-0.1, -0.05) is 31.8 Å². The Bertz CT molecular complexity index is 273. The highest BCUT2D eigenvalue weighted by Gasteiger charge is 2.43. The van der Waals surface area contributed by atoms with Crippen LogP contribution in [0.3, 0.4) is 0 Å². The quantitative estimate of drug-likeness (QED) is 0.568. The standard InChI is InChI=1S/C12H15F/c1-12(2)10-11(12)8-6-4-3-5-7-9-13/h6-9,11H,5,10H2,1-2H3. The first-order valence-electron chi connectivity index (χ1n) is 4.57. The van der Waals surface area contributed by atoms with Crippen LogP contribution >= 0.6 is 0 Å². The smallest absolute Gasteiger partial charge is 0.0836 e. The Morgan fingerprint density at radius 3 is 2.77 bits per heavy atom. The van der Waals surface area contributed by atoms with Crippen LogP contribution in [0.1, 0.15) is 26.7 Å². The van der Waals surface area contributed by atoms with Crippen LogP contribution in [-0.2, 0) is 0 Å². The molecule has 0 amide bonds. The van der Waals surface area contributed by atoms with Gasteiger partial charge >= 0.3 is 0 Å². The molecule has 0 N–H and O–H groups in total. The summed E-state index contributed by atoms with van der Waals surface area (Å²) in [5, 5.41) is 0. The molecular formula is C12H15F. The van der Waals surface area contributed by atoms with Gasteiger partial charge in [0.05, 0.1) is 6.33 Å². The minimum atomic E-state index is 0.483. The Balaban J connectivity index is 2.21. The predicted octanol–water partition coefficient (Wildman–Crippen LogP) is 3.47. The van der Waals surface area contributed by atoms with Crippen LogP contribution < -0.4 is 0 Å². The van der Waals surface area contributed by atoms with Crippen LogP contribution in [-0.4, -0.2) is 0 Å². The van der Waals surface area contributed by atoms with Crippen LogP contribution in [0.2, 0.25) is 0 Å². The van der Waals surface area contributed by atoms with Gasteiger partial charge in [-0.25, -0.2) is 4.39 Å². The van der Waals surface area contributed by atoms with E-state index in [1.54, 1.807) is 0 Å². The molecule has 1 heteroatoms. The van der Waals surface area contributed by atoms with Gasteiger partial charge in [0.2, 0.25) is 0 Å². The monoisotopic (exact) mass is 178 g/mol. The van der Waals surface area contributed by atoms with Gasteiger partial charge in [0.15, 0.2) is 0 Å². The molecule has 1 saturated carbocycles. The second-order valence-corrected chi connectivity index (χ2v) is 4.05. The van der Waals surface area contributed by atoms with Crippen LogP contribution in [0.4, 0.5) is 4.39 Å². The number of hydrogen-bond donors (Lipinski definition) is 0. The van der Waals surface area contributed by atoms with Crippen LogP contribution in [0.25, 0.3) is 0 Å². The van der Waals surface area contributed by atoms with Crippen LogP contribution in [0.15, 0.2) is 24.6 Å². The Hall–Kier alpha value is -1.03. The first-order chi connectivity index (χ1) is 6.17. The maximum Gasteiger partial charge on any atom is 0.0836 e. The second kappa shape index (κ2) is 4.28. The summed E-state index contributed by atoms with van der Waals surface area (Å²) in [7, 11) is 0. The molecule has 0 saturated heterocycles. The summed E-state index contributed by atoms with van der Waals surface area (Å²) >= 11 is 0. The average molecular weight is 178 g/mol. The number of halogens is 1. The third kappa shape index (κ3) is 3.46. The largest absolute Gasteiger partial charge is 0.216 e. The molecule has 1 atom stereocenters. The average Bonchev–Trinajstić information content (AvgIpc) is 2.67. The number of hydrogen-bond acceptors (Lipinski definition) is 0. The topological polar surface area (TPSA) is 0 Å². The molecule has 1 rings (SSSR count). The van der Waals surface area contributed by atoms with E-state index in [1.807, 2.05) is 6.08 Å². The van der Waals surface area contributed by atoms with Gasteiger partial charge in [0.1, 0.15) is 0 Å². The second-order valence-electron chi connectivity index (χ2n) is 4.05. The van der Waals surface area contributed by atoms with E-state index in [0.717, 1.165) is 0 Å². The summed E-state index contributed by atoms with van der Waals surface area (Å²) in [4.78, 5) is 0. The maximum absolute atomic E-state index is 11.5. The van der Waals surface area contributed by atoms with E-state index in [2.05, 4.69) is 31.8 Å². The van der Waals surface area contributed by atoms with Gasteiger partial charge in [-0.2, -0.15) is 0 Å². The van der Waals surface area contributed by atoms with Gasteiger partial charge in [-0.3, -0.25) is 0 Å². The zero-order chi connectivity index (χ0) is 9.73. The highest BCUT2D eigenvalue weighted by atomic mass is 19.1. The molecule has 0 heterocycles. The normalized spacial score (nSPS) is 24.7. The first kappa shape index (κ1) is 10.1. The lowest BCUT2D eigenvalue weighted by Crippen LogP contribution is -1.84. The summed E-state index contributed by atoms with van der Waals surface area (Å²) in [6, 6.07) is 0. The maximum atomic E-state index is 11.5. The molecule has 0 bridgehead atoms. The molecule has 1 unspecified atom stereocenters. The third-order valence-corrected chi connectivity index (χ3v) is 2.41. The van der Waals surface area contributed by atoms with Gasteiger partial charge in [0, 0.05) is 6.42 Å². The van der Waals surface area contributed by atoms with E-state index in [0.29, 0.717) is 24.1 Å². The van der Waals surface area contributed by atoms with Crippen LogP contribution in [0, 0.1) is 23.2 Å². The fraction of sp³-hybridized carbons (Fsp3) is 0.500. The fourth-order valence-electron chi connectivity index (χ4n) is 1.22. The summed E-state index contributed by atoms with van der Waals surface area (Å²) in [5.74, 6) is 6.41. The highest BCUT2D eigenvalue weighted by molar-refractivity contribution is 5.20. The molecule has 1 aliphatic carbocycles. The van der Waals surface area contributed by atoms with Gasteiger partial charge in [-0.05, 0) is 29.9 Å². The predicted molar refractivity (Wildman–Crippen MR) is 53.7 cm³/mol. The zero-order valence-corrected chi connectivity index (χ0v) is 8.18. The van der Waals surface area contributed by atoms with Crippen LogP contribution in [0.5, 0.6) is 0 Å². The molecule has 0 radical (unpaired) electrons. The van der Waals surface area contributed by atoms with E-state index >= 15 is 0 Å². The van der Waals surface area contributed by atoms with Gasteiger partial charge < -0.3 is 0 Å². The fourth-order valence-corrected chi connectivity index (χ4v) is 1.22. The van der Waals surface area contributed by atoms with Crippen molar-refractivity contribution in [3.05, 3.63) is 24.6 Å². The molecule has 13 heavy (non-hydrogen) atoms. The molecular weight excluding hydrogens is 163 g/mol. The van der Waals surface area contributed by atoms with Crippen molar-refractivity contribution in [3.8, 4) is 11.8 Å². The summed E-state index contributed by atoms with van der Waals surface area (Å²) in [5.41, 5.74) is 0.483. The third-order valence-electron chi connectivity index (χ3n) is 2.41. The molecule has 0 spiro atoms. The van der Waals surface area contributed by atoms with Crippen molar-refractivity contribution >= 4 is 0 Å². The minimum absolute atomic E-state index is 0.483. The van der Waals surface area contributed by atoms with Crippen molar-refractivity contribution in [1.29, 1.82) is 0 Å². The van der Waals surface area contributed by atoms with Crippen molar-refractivity contribution in [2.45, 2.75) is 26.7 Å². The summed E-state index contributed by atoms with van der Waals surface area (Å²) in [6.07, 6.45) is 7.71. The zero-order valence-electron chi connectivity index (χ0n) is 8.18. The van der Waals surface area contributed by atoms with E-state index in [-0.39, 0.29) is 0 Å². The Kier molecular flexibility index (Phi) is 3.31. The van der Waals surface area contributed by atoms with E-state index in [4.69, 9.17) is 0 Å². The van der Waals surface area contributed by atoms with Crippen molar-refractivity contribution in [3.63, 3.8) is 0 Å². The molecule has 0 aliphatic heterocycles. The minimum Gasteiger partial charge on any atom is -0.216 e. The van der Waals surface area contributed by atoms with Crippen molar-refractivity contribution in [2.24, 2.45) is 11.3 Å². The molecule has 0 aromatic heterocycles. The Morgan fingerprint density at radius 1 is 1.54 bits per heavy atom. The van der Waals surface area contributed by atoms with Crippen molar-refractivity contribution in [2.75, 3.05) is 0 Å². The number of allylic oxidation sites excluding steroid dienone is 3. The molecule has 0 aromatic rings. The first-order valence-corrected chi connectivity index (χ1v) is 4.57. The summed E-state index contributed by atoms with van der Waals surface area (Å²) < 4.78 is 11.5. The lowest BCUT2D eigenvalue weighted by atomic mass is 10.1. The van der Waals surface area contributed by atoms with Crippen molar-refractivity contribution < 1.29 is 4.39 Å². The summed E-state index contributed by atoms with van der Waals surface area (Å²) in [6.45, 7) is 4.50. The Morgan fingerprint density at radius 2 is 2.23 bits per heavy atom. The Labute approximate surface area is 79.5 Å². The van der Waals surface area contributed by atoms with E-state index in [9.17, 15) is 4.39 Å². The van der Waals surface area contributed by atoms with Gasteiger partial charge in [0.25, 0.3) is 0 Å². The lowest BCUT2D eigenvalue weighted by Gasteiger charge is -1.93. The molecule has 70 valence electrons. The molecule has 0 aromatic carbocycles. The van der Waals surface area contributed by atoms with Gasteiger partial charge in [-0.15, -0.1) is 0 Å². The highest BCUT2D eigenvalue weighted by Crippen LogP contribution is 2.52. The molecule has 0 nitrogen and oxygen atoms in total. The SMILES string of the molecule is CC1(C)CC1C=CC#CCC=CF. The van der Waals surface area contributed by atoms with E-state index in [1.165, 1.54) is 12.5 Å². The van der Waals surface area contributed by atoms with Crippen molar-refractivity contribution in [1.82, 2.24) is 0 Å². The number of rotatable bonds is 2.